The van der Waals surface area contributed by atoms with Crippen LogP contribution in [0, 0.1) is 11.6 Å². The van der Waals surface area contributed by atoms with Gasteiger partial charge in [0.15, 0.2) is 11.3 Å². The second-order valence-electron chi connectivity index (χ2n) is 31.7. The number of halogens is 2. The van der Waals surface area contributed by atoms with Gasteiger partial charge in [0.05, 0.1) is 61.0 Å². The number of carbonyl (C=O) groups excluding carboxylic acids is 5. The number of morpholine rings is 2. The fourth-order valence-corrected chi connectivity index (χ4v) is 17.1. The van der Waals surface area contributed by atoms with Gasteiger partial charge in [0.2, 0.25) is 0 Å². The van der Waals surface area contributed by atoms with Crippen LogP contribution in [0.4, 0.5) is 20.2 Å². The number of likely N-dealkylation sites (tertiary alicyclic amines) is 1. The van der Waals surface area contributed by atoms with Crippen LogP contribution in [0.1, 0.15) is 170 Å². The molecule has 0 bridgehead atoms. The van der Waals surface area contributed by atoms with Gasteiger partial charge in [-0.1, -0.05) is 74.5 Å². The zero-order valence-corrected chi connectivity index (χ0v) is 70.0. The summed E-state index contributed by atoms with van der Waals surface area (Å²) < 4.78 is 55.8. The highest BCUT2D eigenvalue weighted by atomic mass is 19.1. The van der Waals surface area contributed by atoms with Crippen LogP contribution in [0.3, 0.4) is 0 Å². The van der Waals surface area contributed by atoms with Crippen molar-refractivity contribution in [1.82, 2.24) is 70.8 Å². The van der Waals surface area contributed by atoms with Gasteiger partial charge in [0.25, 0.3) is 23.6 Å². The number of pyridine rings is 2. The monoisotopic (exact) mass is 1650 g/mol. The first kappa shape index (κ1) is 86.6. The molecule has 6 aliphatic heterocycles. The van der Waals surface area contributed by atoms with E-state index >= 15 is 4.39 Å². The second kappa shape index (κ2) is 42.7. The molecule has 6 saturated heterocycles. The molecule has 7 N–H and O–H groups in total. The Morgan fingerprint density at radius 3 is 1.31 bits per heavy atom. The van der Waals surface area contributed by atoms with Gasteiger partial charge in [-0.15, -0.1) is 0 Å². The number of nitrogens with one attached hydrogen (secondary N) is 7. The largest absolute Gasteiger partial charge is 0.381 e. The molecule has 0 aliphatic carbocycles. The number of hydrogen-bond donors (Lipinski definition) is 7. The van der Waals surface area contributed by atoms with Gasteiger partial charge in [-0.2, -0.15) is 10.2 Å². The van der Waals surface area contributed by atoms with E-state index in [-0.39, 0.29) is 67.7 Å². The lowest BCUT2D eigenvalue weighted by atomic mass is 9.99. The molecule has 121 heavy (non-hydrogen) atoms. The average molecular weight is 1650 g/mol. The van der Waals surface area contributed by atoms with Gasteiger partial charge in [0, 0.05) is 184 Å². The van der Waals surface area contributed by atoms with Gasteiger partial charge in [-0.05, 0) is 205 Å². The summed E-state index contributed by atoms with van der Waals surface area (Å²) in [6, 6.07) is 39.5. The Labute approximate surface area is 706 Å². The summed E-state index contributed by atoms with van der Waals surface area (Å²) in [5, 5.41) is 33.8. The minimum Gasteiger partial charge on any atom is -0.381 e. The van der Waals surface area contributed by atoms with Crippen molar-refractivity contribution in [3.05, 3.63) is 225 Å². The quantitative estimate of drug-likeness (QED) is 0.0236. The SMILES string of the molecule is C1CC(N2CCOCC2)CCN1.CCc1nc2c(cnn2CC)c(NC2CCOCC2)c1CNC(=O)c1cccc(C(=O)NCc2ccc(F)c(-c3cccc(C=O)c3)c2)c1.CCc1nc2c(cnn2CC)c(NC2CCOCC2)c1CNC(=O)c1cccc(C(=O)NCc2ccc(F)c(-c3cccc(CN4CCC(N5CCOCC5)CC4)c3)c2)c1. The van der Waals surface area contributed by atoms with E-state index in [9.17, 15) is 28.4 Å². The lowest BCUT2D eigenvalue weighted by molar-refractivity contribution is 0.000231. The average Bonchev–Trinajstić information content (AvgIpc) is 1.66. The van der Waals surface area contributed by atoms with Crippen molar-refractivity contribution >= 4 is 63.4 Å². The molecule has 6 aliphatic rings. The van der Waals surface area contributed by atoms with Gasteiger partial charge in [-0.3, -0.25) is 38.7 Å². The predicted molar refractivity (Wildman–Crippen MR) is 466 cm³/mol. The fraction of sp³-hybridized carbons (Fsp3) is 0.436. The van der Waals surface area contributed by atoms with Crippen LogP contribution in [-0.4, -0.2) is 204 Å². The van der Waals surface area contributed by atoms with E-state index in [1.807, 2.05) is 60.7 Å². The number of amides is 4. The highest BCUT2D eigenvalue weighted by Crippen LogP contribution is 2.35. The van der Waals surface area contributed by atoms with Gasteiger partial charge < -0.3 is 56.2 Å². The Bertz CT molecular complexity index is 5180. The van der Waals surface area contributed by atoms with E-state index < -0.39 is 5.82 Å². The lowest BCUT2D eigenvalue weighted by Gasteiger charge is -2.40. The second-order valence-corrected chi connectivity index (χ2v) is 31.7. The van der Waals surface area contributed by atoms with E-state index in [2.05, 4.69) is 81.2 Å². The summed E-state index contributed by atoms with van der Waals surface area (Å²) in [6.07, 6.45) is 14.2. The highest BCUT2D eigenvalue weighted by molar-refractivity contribution is 6.01. The van der Waals surface area contributed by atoms with Crippen molar-refractivity contribution in [2.24, 2.45) is 0 Å². The summed E-state index contributed by atoms with van der Waals surface area (Å²) in [5.74, 6) is -2.05. The molecule has 0 spiro atoms. The maximum atomic E-state index is 15.3. The number of aryl methyl sites for hydroxylation is 4. The molecule has 638 valence electrons. The maximum Gasteiger partial charge on any atom is 0.251 e. The van der Waals surface area contributed by atoms with E-state index in [0.717, 1.165) is 189 Å². The number of piperidine rings is 2. The van der Waals surface area contributed by atoms with Crippen LogP contribution in [0.15, 0.2) is 146 Å². The molecule has 6 aromatic carbocycles. The van der Waals surface area contributed by atoms with Crippen LogP contribution >= 0.6 is 0 Å². The number of fused-ring (bicyclic) bond motifs is 2. The van der Waals surface area contributed by atoms with Crippen molar-refractivity contribution in [3.8, 4) is 22.3 Å². The smallest absolute Gasteiger partial charge is 0.251 e. The molecule has 0 atom stereocenters. The molecule has 0 radical (unpaired) electrons. The van der Waals surface area contributed by atoms with Crippen LogP contribution in [0.5, 0.6) is 0 Å². The molecule has 16 rings (SSSR count). The van der Waals surface area contributed by atoms with E-state index in [1.165, 1.54) is 38.1 Å². The topological polar surface area (TPSA) is 278 Å². The summed E-state index contributed by atoms with van der Waals surface area (Å²) >= 11 is 0. The molecule has 4 amide bonds. The third kappa shape index (κ3) is 22.3. The maximum absolute atomic E-state index is 15.3. The lowest BCUT2D eigenvalue weighted by Crippen LogP contribution is -2.48. The number of rotatable bonds is 27. The molecule has 27 heteroatoms. The summed E-state index contributed by atoms with van der Waals surface area (Å²) in [7, 11) is 0. The standard InChI is InChI=1S/C47H57FN8O4.C38H39FN6O4.C9H18N2O/c1-3-43-40(44(52-37-15-21-59-22-16-37)41-30-51-56(4-2)45(41)53-43)29-50-47(58)36-10-6-9-35(27-36)46(57)49-28-32-11-12-42(48)39(26-32)34-8-5-7-33(25-34)31-54-17-13-38(14-18-54)55-19-23-60-24-20-55;1-3-34-31(35(43-29-13-15-49-16-14-29)32-22-42-45(4-2)36(32)44-34)21-41-38(48)28-10-6-9-27(19-28)37(47)40-20-24-11-12-33(39)30(18-24)26-8-5-7-25(17-26)23-46;1-3-10-4-2-9(1)11-5-7-12-8-6-11/h5-12,25-27,30,37-38H,3-4,13-24,28-29,31H2,1-2H3,(H,49,57)(H,50,58)(H,52,53);5-12,17-19,22-23,29H,3-4,13-16,20-21H2,1-2H3,(H,40,47)(H,41,48)(H,43,44);9-10H,1-8H2. The first-order valence-corrected chi connectivity index (χ1v) is 43.3. The molecule has 10 heterocycles. The summed E-state index contributed by atoms with van der Waals surface area (Å²) in [5.41, 5.74) is 13.8. The zero-order valence-electron chi connectivity index (χ0n) is 70.0. The first-order chi connectivity index (χ1) is 59.2. The van der Waals surface area contributed by atoms with Crippen molar-refractivity contribution in [3.63, 3.8) is 0 Å². The minimum absolute atomic E-state index is 0.142. The number of anilines is 2. The Balaban J connectivity index is 0.000000176. The molecule has 4 aromatic heterocycles. The number of aromatic nitrogens is 6. The zero-order chi connectivity index (χ0) is 84.0. The van der Waals surface area contributed by atoms with E-state index in [0.29, 0.717) is 115 Å². The fourth-order valence-electron chi connectivity index (χ4n) is 17.1. The summed E-state index contributed by atoms with van der Waals surface area (Å²) in [6.45, 7) is 26.4. The third-order valence-electron chi connectivity index (χ3n) is 23.9. The predicted octanol–water partition coefficient (Wildman–Crippen LogP) is 12.7. The van der Waals surface area contributed by atoms with Crippen LogP contribution < -0.4 is 37.2 Å². The van der Waals surface area contributed by atoms with Crippen LogP contribution in [-0.2, 0) is 77.6 Å². The normalized spacial score (nSPS) is 16.8. The molecular formula is C94H114F2N16O9. The number of aldehydes is 1. The molecule has 10 aromatic rings. The first-order valence-electron chi connectivity index (χ1n) is 43.3. The van der Waals surface area contributed by atoms with Gasteiger partial charge in [-0.25, -0.2) is 28.1 Å². The van der Waals surface area contributed by atoms with Gasteiger partial charge >= 0.3 is 0 Å². The van der Waals surface area contributed by atoms with Crippen molar-refractivity contribution in [2.75, 3.05) is 116 Å². The Kier molecular flexibility index (Phi) is 30.5. The molecule has 6 fully saturated rings. The molecule has 0 saturated carbocycles. The number of nitrogens with zero attached hydrogens (tertiary/aromatic N) is 9. The molecule has 0 unspecified atom stereocenters. The minimum atomic E-state index is -0.430. The van der Waals surface area contributed by atoms with Crippen LogP contribution in [0.25, 0.3) is 44.3 Å². The Morgan fingerprint density at radius 2 is 0.868 bits per heavy atom. The van der Waals surface area contributed by atoms with Crippen LogP contribution in [0.2, 0.25) is 0 Å². The molecular weight excluding hydrogens is 1540 g/mol. The van der Waals surface area contributed by atoms with Crippen molar-refractivity contribution in [1.29, 1.82) is 0 Å². The van der Waals surface area contributed by atoms with Gasteiger partial charge in [0.1, 0.15) is 17.9 Å². The summed E-state index contributed by atoms with van der Waals surface area (Å²) in [4.78, 5) is 82.5. The van der Waals surface area contributed by atoms with E-state index in [1.54, 1.807) is 91.0 Å². The Morgan fingerprint density at radius 1 is 0.455 bits per heavy atom. The highest BCUT2D eigenvalue weighted by Gasteiger charge is 2.30. The number of ether oxygens (including phenoxy) is 4. The number of hydrogen-bond acceptors (Lipinski definition) is 19. The number of benzene rings is 6. The number of carbonyl (C=O) groups is 5. The third-order valence-corrected chi connectivity index (χ3v) is 23.9. The van der Waals surface area contributed by atoms with Crippen molar-refractivity contribution < 1.29 is 51.7 Å². The Hall–Kier alpha value is -10.8. The van der Waals surface area contributed by atoms with Crippen molar-refractivity contribution in [2.45, 2.75) is 162 Å². The van der Waals surface area contributed by atoms with E-state index in [4.69, 9.17) is 28.9 Å². The molecule has 25 nitrogen and oxygen atoms in total.